The van der Waals surface area contributed by atoms with Gasteiger partial charge in [0.1, 0.15) is 0 Å². The summed E-state index contributed by atoms with van der Waals surface area (Å²) in [4.78, 5) is 2.66. The summed E-state index contributed by atoms with van der Waals surface area (Å²) in [5.41, 5.74) is 1.42. The molecule has 2 rings (SSSR count). The molecule has 2 unspecified atom stereocenters. The third-order valence-electron chi connectivity index (χ3n) is 3.79. The first-order valence-corrected chi connectivity index (χ1v) is 8.25. The molecule has 2 nitrogen and oxygen atoms in total. The molecule has 1 aromatic carbocycles. The predicted molar refractivity (Wildman–Crippen MR) is 81.2 cm³/mol. The summed E-state index contributed by atoms with van der Waals surface area (Å²) in [6.07, 6.45) is 3.43. The molecule has 3 heteroatoms. The van der Waals surface area contributed by atoms with Crippen LogP contribution in [0, 0.1) is 0 Å². The highest BCUT2D eigenvalue weighted by Gasteiger charge is 2.26. The fraction of sp³-hybridized carbons (Fsp3) is 0.600. The van der Waals surface area contributed by atoms with E-state index in [2.05, 4.69) is 53.7 Å². The third-order valence-corrected chi connectivity index (χ3v) is 4.38. The van der Waals surface area contributed by atoms with Crippen molar-refractivity contribution < 1.29 is 0 Å². The average Bonchev–Trinajstić information content (AvgIpc) is 2.45. The molecule has 0 amide bonds. The zero-order valence-electron chi connectivity index (χ0n) is 11.4. The van der Waals surface area contributed by atoms with E-state index in [4.69, 9.17) is 0 Å². The summed E-state index contributed by atoms with van der Waals surface area (Å²) in [5, 5.41) is 3.69. The Bertz CT molecular complexity index is 342. The highest BCUT2D eigenvalue weighted by Crippen LogP contribution is 2.21. The molecule has 100 valence electrons. The van der Waals surface area contributed by atoms with E-state index in [-0.39, 0.29) is 0 Å². The summed E-state index contributed by atoms with van der Waals surface area (Å²) in [5.74, 6) is 1.23. The van der Waals surface area contributed by atoms with Crippen LogP contribution in [0.25, 0.3) is 0 Å². The van der Waals surface area contributed by atoms with Gasteiger partial charge in [-0.15, -0.1) is 0 Å². The topological polar surface area (TPSA) is 15.3 Å². The van der Waals surface area contributed by atoms with Gasteiger partial charge in [0.25, 0.3) is 0 Å². The van der Waals surface area contributed by atoms with Crippen LogP contribution in [-0.4, -0.2) is 42.6 Å². The lowest BCUT2D eigenvalue weighted by molar-refractivity contribution is 0.135. The van der Waals surface area contributed by atoms with Gasteiger partial charge < -0.3 is 5.32 Å². The van der Waals surface area contributed by atoms with Crippen molar-refractivity contribution >= 4 is 11.8 Å². The maximum absolute atomic E-state index is 3.69. The highest BCUT2D eigenvalue weighted by atomic mass is 32.2. The van der Waals surface area contributed by atoms with Crippen LogP contribution in [0.15, 0.2) is 30.3 Å². The number of benzene rings is 1. The number of hydrogen-bond donors (Lipinski definition) is 1. The van der Waals surface area contributed by atoms with Crippen molar-refractivity contribution in [2.24, 2.45) is 0 Å². The Morgan fingerprint density at radius 3 is 2.78 bits per heavy atom. The van der Waals surface area contributed by atoms with Gasteiger partial charge in [0.05, 0.1) is 0 Å². The minimum atomic E-state index is 0.496. The van der Waals surface area contributed by atoms with Gasteiger partial charge in [-0.25, -0.2) is 0 Å². The Labute approximate surface area is 115 Å². The van der Waals surface area contributed by atoms with Crippen molar-refractivity contribution in [2.75, 3.05) is 31.6 Å². The molecule has 1 heterocycles. The fourth-order valence-corrected chi connectivity index (χ4v) is 3.07. The predicted octanol–water partition coefficient (Wildman–Crippen LogP) is 2.77. The lowest BCUT2D eigenvalue weighted by Crippen LogP contribution is -2.53. The van der Waals surface area contributed by atoms with Gasteiger partial charge in [0, 0.05) is 37.5 Å². The van der Waals surface area contributed by atoms with E-state index in [1.807, 2.05) is 11.8 Å². The molecule has 1 aliphatic heterocycles. The minimum Gasteiger partial charge on any atom is -0.307 e. The normalized spacial score (nSPS) is 25.2. The van der Waals surface area contributed by atoms with Crippen molar-refractivity contribution in [3.8, 4) is 0 Å². The molecule has 0 spiro atoms. The van der Waals surface area contributed by atoms with Crippen LogP contribution in [-0.2, 0) is 0 Å². The summed E-state index contributed by atoms with van der Waals surface area (Å²) in [6, 6.07) is 12.0. The van der Waals surface area contributed by atoms with Gasteiger partial charge in [0.15, 0.2) is 0 Å². The molecule has 0 saturated carbocycles. The maximum atomic E-state index is 3.69. The summed E-state index contributed by atoms with van der Waals surface area (Å²) in [7, 11) is 0. The number of piperazine rings is 1. The van der Waals surface area contributed by atoms with Gasteiger partial charge >= 0.3 is 0 Å². The lowest BCUT2D eigenvalue weighted by Gasteiger charge is -2.40. The largest absolute Gasteiger partial charge is 0.307 e. The summed E-state index contributed by atoms with van der Waals surface area (Å²) in [6.45, 7) is 5.76. The van der Waals surface area contributed by atoms with Crippen LogP contribution >= 0.6 is 11.8 Å². The molecule has 0 aliphatic carbocycles. The van der Waals surface area contributed by atoms with Crippen molar-refractivity contribution in [3.63, 3.8) is 0 Å². The first kappa shape index (κ1) is 13.9. The van der Waals surface area contributed by atoms with Crippen molar-refractivity contribution in [2.45, 2.75) is 25.4 Å². The number of hydrogen-bond acceptors (Lipinski definition) is 3. The molecule has 0 aromatic heterocycles. The van der Waals surface area contributed by atoms with E-state index in [1.54, 1.807) is 0 Å². The van der Waals surface area contributed by atoms with Gasteiger partial charge in [-0.1, -0.05) is 37.3 Å². The van der Waals surface area contributed by atoms with E-state index in [0.717, 1.165) is 13.1 Å². The molecular formula is C15H24N2S. The zero-order chi connectivity index (χ0) is 12.8. The molecule has 18 heavy (non-hydrogen) atoms. The number of rotatable bonds is 5. The molecule has 1 saturated heterocycles. The number of thioether (sulfide) groups is 1. The lowest BCUT2D eigenvalue weighted by atomic mass is 10.0. The second-order valence-corrected chi connectivity index (χ2v) is 5.91. The maximum Gasteiger partial charge on any atom is 0.0449 e. The van der Waals surface area contributed by atoms with Crippen LogP contribution in [0.1, 0.15) is 24.9 Å². The van der Waals surface area contributed by atoms with Gasteiger partial charge in [-0.3, -0.25) is 4.90 Å². The molecule has 1 N–H and O–H groups in total. The Hall–Kier alpha value is -0.510. The zero-order valence-corrected chi connectivity index (χ0v) is 12.2. The van der Waals surface area contributed by atoms with Crippen LogP contribution < -0.4 is 5.32 Å². The fourth-order valence-electron chi connectivity index (χ4n) is 2.65. The first-order valence-electron chi connectivity index (χ1n) is 6.86. The molecular weight excluding hydrogens is 240 g/mol. The minimum absolute atomic E-state index is 0.496. The monoisotopic (exact) mass is 264 g/mol. The van der Waals surface area contributed by atoms with E-state index < -0.39 is 0 Å². The van der Waals surface area contributed by atoms with Crippen molar-refractivity contribution in [1.29, 1.82) is 0 Å². The van der Waals surface area contributed by atoms with Crippen LogP contribution in [0.2, 0.25) is 0 Å². The van der Waals surface area contributed by atoms with Crippen molar-refractivity contribution in [3.05, 3.63) is 35.9 Å². The second-order valence-electron chi connectivity index (χ2n) is 4.92. The van der Waals surface area contributed by atoms with E-state index in [9.17, 15) is 0 Å². The first-order chi connectivity index (χ1) is 8.85. The van der Waals surface area contributed by atoms with Gasteiger partial charge in [-0.05, 0) is 18.2 Å². The highest BCUT2D eigenvalue weighted by molar-refractivity contribution is 7.98. The Morgan fingerprint density at radius 1 is 1.33 bits per heavy atom. The van der Waals surface area contributed by atoms with Crippen LogP contribution in [0.3, 0.4) is 0 Å². The summed E-state index contributed by atoms with van der Waals surface area (Å²) >= 11 is 1.94. The smallest absolute Gasteiger partial charge is 0.0449 e. The molecule has 0 radical (unpaired) electrons. The standard InChI is InChI=1S/C15H24N2S/c1-3-14-11-16-15(12-17(14)9-10-18-2)13-7-5-4-6-8-13/h4-8,14-16H,3,9-12H2,1-2H3. The molecule has 0 bridgehead atoms. The average molecular weight is 264 g/mol. The third kappa shape index (κ3) is 3.50. The Morgan fingerprint density at radius 2 is 2.11 bits per heavy atom. The number of nitrogens with zero attached hydrogens (tertiary/aromatic N) is 1. The van der Waals surface area contributed by atoms with Crippen LogP contribution in [0.5, 0.6) is 0 Å². The van der Waals surface area contributed by atoms with E-state index in [0.29, 0.717) is 12.1 Å². The summed E-state index contributed by atoms with van der Waals surface area (Å²) < 4.78 is 0. The quantitative estimate of drug-likeness (QED) is 0.880. The second kappa shape index (κ2) is 7.17. The molecule has 1 fully saturated rings. The molecule has 1 aromatic rings. The molecule has 2 atom stereocenters. The van der Waals surface area contributed by atoms with E-state index in [1.165, 1.54) is 24.3 Å². The van der Waals surface area contributed by atoms with Gasteiger partial charge in [-0.2, -0.15) is 11.8 Å². The number of nitrogens with one attached hydrogen (secondary N) is 1. The Kier molecular flexibility index (Phi) is 5.54. The van der Waals surface area contributed by atoms with Gasteiger partial charge in [0.2, 0.25) is 0 Å². The van der Waals surface area contributed by atoms with Crippen molar-refractivity contribution in [1.82, 2.24) is 10.2 Å². The van der Waals surface area contributed by atoms with Crippen LogP contribution in [0.4, 0.5) is 0 Å². The SMILES string of the molecule is CCC1CNC(c2ccccc2)CN1CCSC. The molecule has 1 aliphatic rings. The van der Waals surface area contributed by atoms with E-state index >= 15 is 0 Å². The Balaban J connectivity index is 2.00.